The van der Waals surface area contributed by atoms with Crippen molar-refractivity contribution < 1.29 is 43.7 Å². The van der Waals surface area contributed by atoms with Crippen molar-refractivity contribution in [1.82, 2.24) is 0 Å². The van der Waals surface area contributed by atoms with Crippen LogP contribution in [-0.4, -0.2) is 29.9 Å². The van der Waals surface area contributed by atoms with E-state index in [1.165, 1.54) is 0 Å². The van der Waals surface area contributed by atoms with Crippen LogP contribution in [0.1, 0.15) is 0 Å². The molecule has 0 aromatic carbocycles. The molecule has 0 heterocycles. The van der Waals surface area contributed by atoms with Gasteiger partial charge in [-0.3, -0.25) is 0 Å². The topological polar surface area (TPSA) is 31.5 Å². The van der Waals surface area contributed by atoms with Gasteiger partial charge in [-0.1, -0.05) is 0 Å². The maximum atomic E-state index is 0. The monoisotopic (exact) mass is 245 g/mol. The molecule has 0 amide bonds. The minimum atomic E-state index is 0. The Morgan fingerprint density at radius 2 is 1.00 bits per heavy atom. The quantitative estimate of drug-likeness (QED) is 0.480. The Kier molecular flexibility index (Phi) is 189. The molecule has 0 aliphatic carbocycles. The van der Waals surface area contributed by atoms with Crippen molar-refractivity contribution >= 4 is 24.4 Å². The predicted molar refractivity (Wildman–Crippen MR) is 9.37 cm³/mol. The molecule has 0 aliphatic heterocycles. The van der Waals surface area contributed by atoms with E-state index in [9.17, 15) is 0 Å². The van der Waals surface area contributed by atoms with Crippen LogP contribution in [0.25, 0.3) is 0 Å². The van der Waals surface area contributed by atoms with Crippen molar-refractivity contribution in [3.8, 4) is 0 Å². The van der Waals surface area contributed by atoms with Gasteiger partial charge in [-0.25, -0.2) is 0 Å². The van der Waals surface area contributed by atoms with Gasteiger partial charge in [0.15, 0.2) is 0 Å². The first-order valence-electron chi connectivity index (χ1n) is 0. The van der Waals surface area contributed by atoms with E-state index in [0.717, 1.165) is 0 Å². The van der Waals surface area contributed by atoms with E-state index < -0.39 is 0 Å². The largest absolute Gasteiger partial charge is 0.412 e. The Labute approximate surface area is 67.5 Å². The van der Waals surface area contributed by atoms with Gasteiger partial charge in [-0.2, -0.15) is 0 Å². The van der Waals surface area contributed by atoms with Crippen LogP contribution in [0.2, 0.25) is 0 Å². The van der Waals surface area contributed by atoms with Crippen molar-refractivity contribution in [3.63, 3.8) is 0 Å². The summed E-state index contributed by atoms with van der Waals surface area (Å²) in [5, 5.41) is 0. The molecule has 0 aliphatic rings. The second-order valence-corrected chi connectivity index (χ2v) is 0. The normalized spacial score (nSPS) is 0. The van der Waals surface area contributed by atoms with Crippen molar-refractivity contribution in [1.29, 1.82) is 0 Å². The molecule has 3 radical (unpaired) electrons. The third-order valence-electron chi connectivity index (χ3n) is 0. The number of hydrogen-bond acceptors (Lipinski definition) is 0. The molecule has 1 nitrogen and oxygen atoms in total. The maximum absolute atomic E-state index is 0. The van der Waals surface area contributed by atoms with Gasteiger partial charge in [0.2, 0.25) is 0 Å². The molecule has 0 aromatic rings. The fourth-order valence-electron chi connectivity index (χ4n) is 0. The second-order valence-electron chi connectivity index (χ2n) is 0. The summed E-state index contributed by atoms with van der Waals surface area (Å²) in [6, 6.07) is 0. The van der Waals surface area contributed by atoms with E-state index in [-0.39, 0.29) is 68.1 Å². The zero-order valence-corrected chi connectivity index (χ0v) is 6.87. The predicted octanol–water partition coefficient (Wildman–Crippen LogP) is -1.21. The van der Waals surface area contributed by atoms with Crippen LogP contribution in [0, 0.1) is 0 Å². The first-order chi connectivity index (χ1) is 0. The van der Waals surface area contributed by atoms with Gasteiger partial charge in [0.05, 0.1) is 0 Å². The van der Waals surface area contributed by atoms with Gasteiger partial charge in [0.1, 0.15) is 0 Å². The van der Waals surface area contributed by atoms with Gasteiger partial charge in [0, 0.05) is 62.6 Å². The van der Waals surface area contributed by atoms with Crippen molar-refractivity contribution in [3.05, 3.63) is 0 Å². The van der Waals surface area contributed by atoms with Crippen LogP contribution in [0.15, 0.2) is 0 Å². The maximum Gasteiger partial charge on any atom is 0 e. The molecule has 0 spiro atoms. The SMILES string of the molecule is O.[Ni].[Sb].[Ti]. The molecule has 4 heteroatoms. The Bertz CT molecular complexity index is 8.00. The van der Waals surface area contributed by atoms with Crippen LogP contribution < -0.4 is 0 Å². The van der Waals surface area contributed by atoms with Crippen LogP contribution in [-0.2, 0) is 38.2 Å². The molecule has 0 rings (SSSR count). The fourth-order valence-corrected chi connectivity index (χ4v) is 0. The molecule has 0 atom stereocenters. The number of hydrogen-bond donors (Lipinski definition) is 0. The average Bonchev–Trinajstić information content (AvgIpc) is 0. The van der Waals surface area contributed by atoms with E-state index in [4.69, 9.17) is 0 Å². The molecule has 0 saturated carbocycles. The molecular weight excluding hydrogens is 244 g/mol. The summed E-state index contributed by atoms with van der Waals surface area (Å²) in [7, 11) is 0. The minimum Gasteiger partial charge on any atom is -0.412 e. The van der Waals surface area contributed by atoms with Crippen molar-refractivity contribution in [2.45, 2.75) is 0 Å². The molecule has 4 heavy (non-hydrogen) atoms. The van der Waals surface area contributed by atoms with Crippen LogP contribution >= 0.6 is 0 Å². The first kappa shape index (κ1) is 37.7. The molecule has 0 aromatic heterocycles. The van der Waals surface area contributed by atoms with Gasteiger partial charge in [0.25, 0.3) is 0 Å². The second kappa shape index (κ2) is 20.1. The van der Waals surface area contributed by atoms with Crippen molar-refractivity contribution in [2.75, 3.05) is 0 Å². The summed E-state index contributed by atoms with van der Waals surface area (Å²) in [5.41, 5.74) is 0. The van der Waals surface area contributed by atoms with Gasteiger partial charge in [-0.05, 0) is 0 Å². The first-order valence-corrected chi connectivity index (χ1v) is 0. The molecule has 0 saturated heterocycles. The van der Waals surface area contributed by atoms with Gasteiger partial charge >= 0.3 is 0 Å². The Hall–Kier alpha value is 1.99. The minimum absolute atomic E-state index is 0. The van der Waals surface area contributed by atoms with Crippen LogP contribution in [0.3, 0.4) is 0 Å². The Morgan fingerprint density at radius 1 is 1.00 bits per heavy atom. The van der Waals surface area contributed by atoms with Crippen molar-refractivity contribution in [2.24, 2.45) is 0 Å². The third-order valence-corrected chi connectivity index (χ3v) is 0. The zero-order chi connectivity index (χ0) is 0. The summed E-state index contributed by atoms with van der Waals surface area (Å²) in [6.45, 7) is 0. The smallest absolute Gasteiger partial charge is 0 e. The van der Waals surface area contributed by atoms with Gasteiger partial charge < -0.3 is 5.48 Å². The van der Waals surface area contributed by atoms with E-state index in [1.807, 2.05) is 0 Å². The zero-order valence-electron chi connectivity index (χ0n) is 1.76. The molecular formula is H2NiOSbTi. The third kappa shape index (κ3) is 9.01. The van der Waals surface area contributed by atoms with E-state index >= 15 is 0 Å². The fraction of sp³-hybridized carbons (Fsp3) is 0. The summed E-state index contributed by atoms with van der Waals surface area (Å²) in [4.78, 5) is 0. The molecule has 27 valence electrons. The summed E-state index contributed by atoms with van der Waals surface area (Å²) in [5.74, 6) is 0. The van der Waals surface area contributed by atoms with Crippen LogP contribution in [0.4, 0.5) is 0 Å². The van der Waals surface area contributed by atoms with E-state index in [1.54, 1.807) is 0 Å². The van der Waals surface area contributed by atoms with E-state index in [0.29, 0.717) is 0 Å². The molecule has 2 N–H and O–H groups in total. The number of rotatable bonds is 0. The molecule has 0 unspecified atom stereocenters. The van der Waals surface area contributed by atoms with E-state index in [2.05, 4.69) is 0 Å². The standard InChI is InChI=1S/Ni.H2O.Sb.Ti/h;1H2;;. The van der Waals surface area contributed by atoms with Crippen LogP contribution in [0.5, 0.6) is 0 Å². The summed E-state index contributed by atoms with van der Waals surface area (Å²) >= 11 is 0. The average molecular weight is 246 g/mol. The Morgan fingerprint density at radius 3 is 1.00 bits per heavy atom. The Balaban J connectivity index is 0. The summed E-state index contributed by atoms with van der Waals surface area (Å²) in [6.07, 6.45) is 0. The van der Waals surface area contributed by atoms with Gasteiger partial charge in [-0.15, -0.1) is 0 Å². The summed E-state index contributed by atoms with van der Waals surface area (Å²) < 4.78 is 0. The molecule has 0 bridgehead atoms. The molecule has 0 fully saturated rings.